The predicted octanol–water partition coefficient (Wildman–Crippen LogP) is 3.60. The van der Waals surface area contributed by atoms with Gasteiger partial charge in [0, 0.05) is 4.47 Å². The van der Waals surface area contributed by atoms with Crippen LogP contribution < -0.4 is 4.74 Å². The number of halogens is 1. The summed E-state index contributed by atoms with van der Waals surface area (Å²) in [6.07, 6.45) is 2.96. The fraction of sp³-hybridized carbons (Fsp3) is 0.500. The molecule has 0 spiro atoms. The second-order valence-corrected chi connectivity index (χ2v) is 6.06. The first-order valence-electron chi connectivity index (χ1n) is 6.05. The number of carbonyl (C=O) groups is 1. The van der Waals surface area contributed by atoms with E-state index in [9.17, 15) is 4.79 Å². The van der Waals surface area contributed by atoms with Gasteiger partial charge in [0.15, 0.2) is 6.29 Å². The van der Waals surface area contributed by atoms with Gasteiger partial charge in [-0.1, -0.05) is 15.9 Å². The van der Waals surface area contributed by atoms with E-state index in [-0.39, 0.29) is 11.7 Å². The largest absolute Gasteiger partial charge is 0.490 e. The molecule has 0 radical (unpaired) electrons. The molecule has 1 aliphatic rings. The first-order valence-corrected chi connectivity index (χ1v) is 6.85. The van der Waals surface area contributed by atoms with Crippen molar-refractivity contribution in [3.05, 3.63) is 28.2 Å². The molecule has 98 valence electrons. The van der Waals surface area contributed by atoms with E-state index in [0.29, 0.717) is 17.9 Å². The maximum Gasteiger partial charge on any atom is 0.153 e. The Hall–Kier alpha value is -0.870. The van der Waals surface area contributed by atoms with E-state index in [1.54, 1.807) is 12.1 Å². The monoisotopic (exact) mass is 312 g/mol. The second kappa shape index (κ2) is 5.41. The van der Waals surface area contributed by atoms with Crippen molar-refractivity contribution < 1.29 is 14.3 Å². The topological polar surface area (TPSA) is 35.5 Å². The summed E-state index contributed by atoms with van der Waals surface area (Å²) in [5.41, 5.74) is 0.503. The van der Waals surface area contributed by atoms with Crippen LogP contribution in [0.2, 0.25) is 0 Å². The number of hydrogen-bond acceptors (Lipinski definition) is 3. The van der Waals surface area contributed by atoms with Gasteiger partial charge in [0.25, 0.3) is 0 Å². The maximum absolute atomic E-state index is 10.9. The van der Waals surface area contributed by atoms with Crippen LogP contribution in [0.3, 0.4) is 0 Å². The number of rotatable bonds is 4. The number of hydrogen-bond donors (Lipinski definition) is 0. The third kappa shape index (κ3) is 3.33. The van der Waals surface area contributed by atoms with E-state index >= 15 is 0 Å². The lowest BCUT2D eigenvalue weighted by Gasteiger charge is -2.19. The first kappa shape index (κ1) is 13.6. The quantitative estimate of drug-likeness (QED) is 0.797. The van der Waals surface area contributed by atoms with Crippen molar-refractivity contribution in [1.29, 1.82) is 0 Å². The minimum absolute atomic E-state index is 0.0543. The van der Waals surface area contributed by atoms with Crippen molar-refractivity contribution in [2.24, 2.45) is 0 Å². The van der Waals surface area contributed by atoms with Crippen molar-refractivity contribution in [3.8, 4) is 5.75 Å². The molecule has 3 nitrogen and oxygen atoms in total. The Morgan fingerprint density at radius 1 is 1.56 bits per heavy atom. The normalized spacial score (nSPS) is 21.8. The molecule has 0 saturated carbocycles. The highest BCUT2D eigenvalue weighted by atomic mass is 79.9. The van der Waals surface area contributed by atoms with Crippen LogP contribution in [0.5, 0.6) is 5.75 Å². The highest BCUT2D eigenvalue weighted by molar-refractivity contribution is 9.10. The predicted molar refractivity (Wildman–Crippen MR) is 73.2 cm³/mol. The number of aldehydes is 1. The van der Waals surface area contributed by atoms with Crippen LogP contribution in [0.4, 0.5) is 0 Å². The van der Waals surface area contributed by atoms with Gasteiger partial charge in [0.1, 0.15) is 12.4 Å². The second-order valence-electron chi connectivity index (χ2n) is 5.15. The molecule has 18 heavy (non-hydrogen) atoms. The molecule has 0 aromatic heterocycles. The van der Waals surface area contributed by atoms with Crippen LogP contribution in [0, 0.1) is 0 Å². The third-order valence-corrected chi connectivity index (χ3v) is 3.57. The van der Waals surface area contributed by atoms with E-state index in [0.717, 1.165) is 23.6 Å². The Bertz CT molecular complexity index is 443. The molecule has 0 N–H and O–H groups in total. The van der Waals surface area contributed by atoms with Crippen LogP contribution in [0.15, 0.2) is 22.7 Å². The Morgan fingerprint density at radius 2 is 2.33 bits per heavy atom. The van der Waals surface area contributed by atoms with Crippen LogP contribution in [0.1, 0.15) is 37.0 Å². The number of carbonyl (C=O) groups excluding carboxylic acids is 1. The zero-order chi connectivity index (χ0) is 13.2. The molecule has 2 rings (SSSR count). The summed E-state index contributed by atoms with van der Waals surface area (Å²) < 4.78 is 12.4. The van der Waals surface area contributed by atoms with Crippen LogP contribution in [-0.4, -0.2) is 24.6 Å². The fourth-order valence-electron chi connectivity index (χ4n) is 2.12. The lowest BCUT2D eigenvalue weighted by molar-refractivity contribution is -0.0327. The molecule has 0 aliphatic carbocycles. The van der Waals surface area contributed by atoms with Gasteiger partial charge in [-0.2, -0.15) is 0 Å². The number of ether oxygens (including phenoxy) is 2. The van der Waals surface area contributed by atoms with E-state index in [1.165, 1.54) is 0 Å². The molecular formula is C14H17BrO3. The average Bonchev–Trinajstić information content (AvgIpc) is 2.67. The summed E-state index contributed by atoms with van der Waals surface area (Å²) in [4.78, 5) is 10.9. The van der Waals surface area contributed by atoms with Crippen molar-refractivity contribution in [2.75, 3.05) is 6.61 Å². The smallest absolute Gasteiger partial charge is 0.153 e. The van der Waals surface area contributed by atoms with Crippen molar-refractivity contribution >= 4 is 22.2 Å². The number of benzene rings is 1. The summed E-state index contributed by atoms with van der Waals surface area (Å²) in [5, 5.41) is 0. The highest BCUT2D eigenvalue weighted by Gasteiger charge is 2.31. The lowest BCUT2D eigenvalue weighted by Crippen LogP contribution is -2.24. The van der Waals surface area contributed by atoms with Crippen molar-refractivity contribution in [1.82, 2.24) is 0 Å². The molecule has 1 atom stereocenters. The van der Waals surface area contributed by atoms with E-state index in [2.05, 4.69) is 29.8 Å². The molecule has 1 unspecified atom stereocenters. The zero-order valence-electron chi connectivity index (χ0n) is 10.6. The SMILES string of the molecule is CC1(C)CCC(COc2ccc(Br)cc2C=O)O1. The van der Waals surface area contributed by atoms with Crippen LogP contribution >= 0.6 is 15.9 Å². The van der Waals surface area contributed by atoms with Gasteiger partial charge in [0.05, 0.1) is 17.3 Å². The minimum atomic E-state index is -0.0543. The minimum Gasteiger partial charge on any atom is -0.490 e. The van der Waals surface area contributed by atoms with Crippen LogP contribution in [-0.2, 0) is 4.74 Å². The summed E-state index contributed by atoms with van der Waals surface area (Å²) in [6.45, 7) is 4.67. The molecule has 1 aliphatic heterocycles. The Balaban J connectivity index is 1.96. The summed E-state index contributed by atoms with van der Waals surface area (Å²) in [6, 6.07) is 5.41. The summed E-state index contributed by atoms with van der Waals surface area (Å²) in [7, 11) is 0. The van der Waals surface area contributed by atoms with E-state index in [1.807, 2.05) is 6.07 Å². The molecule has 1 aromatic rings. The van der Waals surface area contributed by atoms with Gasteiger partial charge >= 0.3 is 0 Å². The van der Waals surface area contributed by atoms with E-state index in [4.69, 9.17) is 9.47 Å². The van der Waals surface area contributed by atoms with Gasteiger partial charge in [-0.15, -0.1) is 0 Å². The molecular weight excluding hydrogens is 296 g/mol. The Labute approximate surface area is 116 Å². The molecule has 0 bridgehead atoms. The molecule has 1 aromatic carbocycles. The van der Waals surface area contributed by atoms with Crippen molar-refractivity contribution in [2.45, 2.75) is 38.4 Å². The Morgan fingerprint density at radius 3 is 2.94 bits per heavy atom. The molecule has 1 fully saturated rings. The lowest BCUT2D eigenvalue weighted by atomic mass is 10.1. The van der Waals surface area contributed by atoms with E-state index < -0.39 is 0 Å². The summed E-state index contributed by atoms with van der Waals surface area (Å²) in [5.74, 6) is 0.613. The zero-order valence-corrected chi connectivity index (χ0v) is 12.2. The Kier molecular flexibility index (Phi) is 4.07. The third-order valence-electron chi connectivity index (χ3n) is 3.08. The molecule has 1 saturated heterocycles. The van der Waals surface area contributed by atoms with Gasteiger partial charge in [-0.25, -0.2) is 0 Å². The van der Waals surface area contributed by atoms with Crippen molar-refractivity contribution in [3.63, 3.8) is 0 Å². The first-order chi connectivity index (χ1) is 8.50. The fourth-order valence-corrected chi connectivity index (χ4v) is 2.50. The molecule has 4 heteroatoms. The standard InChI is InChI=1S/C14H17BrO3/c1-14(2)6-5-12(18-14)9-17-13-4-3-11(15)7-10(13)8-16/h3-4,7-8,12H,5-6,9H2,1-2H3. The average molecular weight is 313 g/mol. The van der Waals surface area contributed by atoms with Gasteiger partial charge in [0.2, 0.25) is 0 Å². The maximum atomic E-state index is 10.9. The van der Waals surface area contributed by atoms with Gasteiger partial charge < -0.3 is 9.47 Å². The highest BCUT2D eigenvalue weighted by Crippen LogP contribution is 2.30. The summed E-state index contributed by atoms with van der Waals surface area (Å²) >= 11 is 3.33. The van der Waals surface area contributed by atoms with Gasteiger partial charge in [-0.3, -0.25) is 4.79 Å². The molecule has 0 amide bonds. The van der Waals surface area contributed by atoms with Crippen LogP contribution in [0.25, 0.3) is 0 Å². The molecule has 1 heterocycles. The van der Waals surface area contributed by atoms with Gasteiger partial charge in [-0.05, 0) is 44.9 Å².